The topological polar surface area (TPSA) is 57.3 Å². The summed E-state index contributed by atoms with van der Waals surface area (Å²) >= 11 is 0. The highest BCUT2D eigenvalue weighted by Gasteiger charge is 2.65. The van der Waals surface area contributed by atoms with E-state index in [0.717, 1.165) is 44.4 Å². The fourth-order valence-corrected chi connectivity index (χ4v) is 4.46. The third-order valence-electron chi connectivity index (χ3n) is 5.53. The molecule has 1 aromatic carbocycles. The quantitative estimate of drug-likeness (QED) is 0.488. The first-order valence-corrected chi connectivity index (χ1v) is 12.3. The summed E-state index contributed by atoms with van der Waals surface area (Å²) in [5, 5.41) is 6.29. The molecule has 1 aliphatic heterocycles. The highest BCUT2D eigenvalue weighted by atomic mass is 32.5. The maximum absolute atomic E-state index is 13.0. The summed E-state index contributed by atoms with van der Waals surface area (Å²) in [4.78, 5) is 16.5. The molecule has 11 heteroatoms. The van der Waals surface area contributed by atoms with Crippen molar-refractivity contribution in [2.45, 2.75) is 42.7 Å². The van der Waals surface area contributed by atoms with Crippen LogP contribution in [-0.2, 0) is 4.79 Å². The van der Waals surface area contributed by atoms with Crippen molar-refractivity contribution in [1.29, 1.82) is 0 Å². The molecule has 2 aromatic rings. The Kier molecular flexibility index (Phi) is 6.45. The fourth-order valence-electron chi connectivity index (χ4n) is 3.81. The average molecular weight is 479 g/mol. The minimum absolute atomic E-state index is 0.188. The van der Waals surface area contributed by atoms with Crippen LogP contribution in [0.4, 0.5) is 25.1 Å². The number of amides is 1. The SMILES string of the molecule is CN(c1ccc(S(F)(F)(F)(F)F)cc1)C(C(=O)NCCC1CCCCN1)c1cccnc1. The van der Waals surface area contributed by atoms with Gasteiger partial charge in [0.2, 0.25) is 5.91 Å². The zero-order chi connectivity index (χ0) is 23.5. The summed E-state index contributed by atoms with van der Waals surface area (Å²) in [5.74, 6) is -0.354. The molecule has 2 N–H and O–H groups in total. The molecule has 32 heavy (non-hydrogen) atoms. The van der Waals surface area contributed by atoms with E-state index >= 15 is 0 Å². The predicted molar refractivity (Wildman–Crippen MR) is 116 cm³/mol. The molecule has 1 amide bonds. The molecular weight excluding hydrogens is 451 g/mol. The van der Waals surface area contributed by atoms with Gasteiger partial charge in [0.25, 0.3) is 0 Å². The van der Waals surface area contributed by atoms with Crippen LogP contribution in [0, 0.1) is 0 Å². The molecule has 0 bridgehead atoms. The largest absolute Gasteiger partial charge is 0.359 e. The molecule has 0 saturated carbocycles. The smallest absolute Gasteiger partial charge is 0.310 e. The van der Waals surface area contributed by atoms with E-state index < -0.39 is 21.2 Å². The molecule has 1 aliphatic rings. The standard InChI is InChI=1S/C21H27F5N4OS/c1-30(18-7-9-19(10-8-18)32(22,23,24,25)26)20(16-5-4-12-27-15-16)21(31)29-14-11-17-6-2-3-13-28-17/h4-5,7-10,12,15,17,20,28H,2-3,6,11,13-14H2,1H3,(H,29,31). The van der Waals surface area contributed by atoms with Gasteiger partial charge in [-0.25, -0.2) is 0 Å². The Morgan fingerprint density at radius 2 is 1.91 bits per heavy atom. The van der Waals surface area contributed by atoms with Gasteiger partial charge in [0.05, 0.1) is 0 Å². The van der Waals surface area contributed by atoms with Crippen LogP contribution in [0.25, 0.3) is 0 Å². The van der Waals surface area contributed by atoms with Gasteiger partial charge in [-0.1, -0.05) is 31.9 Å². The number of carbonyl (C=O) groups excluding carboxylic acids is 1. The summed E-state index contributed by atoms with van der Waals surface area (Å²) in [6, 6.07) is 5.34. The minimum atomic E-state index is -9.76. The Morgan fingerprint density at radius 3 is 2.47 bits per heavy atom. The highest BCUT2D eigenvalue weighted by Crippen LogP contribution is 3.02. The predicted octanol–water partition coefficient (Wildman–Crippen LogP) is 5.56. The number of pyridine rings is 1. The summed E-state index contributed by atoms with van der Waals surface area (Å²) in [7, 11) is -8.24. The minimum Gasteiger partial charge on any atom is -0.359 e. The molecule has 0 aliphatic carbocycles. The van der Waals surface area contributed by atoms with Crippen LogP contribution >= 0.6 is 10.2 Å². The number of benzene rings is 1. The van der Waals surface area contributed by atoms with Gasteiger partial charge in [-0.2, -0.15) is 0 Å². The Balaban J connectivity index is 1.77. The Labute approximate surface area is 184 Å². The lowest BCUT2D eigenvalue weighted by atomic mass is 10.0. The van der Waals surface area contributed by atoms with Gasteiger partial charge in [0, 0.05) is 43.3 Å². The Hall–Kier alpha value is -2.40. The van der Waals surface area contributed by atoms with E-state index in [2.05, 4.69) is 15.6 Å². The van der Waals surface area contributed by atoms with Gasteiger partial charge in [-0.15, -0.1) is 0 Å². The van der Waals surface area contributed by atoms with E-state index in [1.807, 2.05) is 0 Å². The van der Waals surface area contributed by atoms with Gasteiger partial charge < -0.3 is 15.5 Å². The van der Waals surface area contributed by atoms with Crippen molar-refractivity contribution in [3.8, 4) is 0 Å². The Bertz CT molecular complexity index is 920. The van der Waals surface area contributed by atoms with Crippen LogP contribution in [0.5, 0.6) is 0 Å². The van der Waals surface area contributed by atoms with E-state index in [0.29, 0.717) is 30.3 Å². The van der Waals surface area contributed by atoms with E-state index in [4.69, 9.17) is 0 Å². The van der Waals surface area contributed by atoms with Crippen LogP contribution in [0.2, 0.25) is 0 Å². The van der Waals surface area contributed by atoms with Gasteiger partial charge in [0.1, 0.15) is 10.9 Å². The first-order valence-electron chi connectivity index (χ1n) is 10.3. The van der Waals surface area contributed by atoms with Gasteiger partial charge >= 0.3 is 10.2 Å². The molecule has 2 heterocycles. The second-order valence-electron chi connectivity index (χ2n) is 7.99. The monoisotopic (exact) mass is 478 g/mol. The molecule has 2 atom stereocenters. The summed E-state index contributed by atoms with van der Waals surface area (Å²) in [6.07, 6.45) is 7.11. The third kappa shape index (κ3) is 6.32. The second-order valence-corrected chi connectivity index (χ2v) is 10.4. The molecule has 5 nitrogen and oxygen atoms in total. The zero-order valence-corrected chi connectivity index (χ0v) is 18.4. The van der Waals surface area contributed by atoms with E-state index in [-0.39, 0.29) is 11.6 Å². The fraction of sp³-hybridized carbons (Fsp3) is 0.429. The van der Waals surface area contributed by atoms with Gasteiger partial charge in [0.15, 0.2) is 0 Å². The molecule has 0 radical (unpaired) electrons. The van der Waals surface area contributed by atoms with Gasteiger partial charge in [-0.05, 0) is 56.1 Å². The summed E-state index contributed by atoms with van der Waals surface area (Å²) in [6.45, 7) is 1.39. The number of nitrogens with one attached hydrogen (secondary N) is 2. The molecule has 1 aromatic heterocycles. The first-order chi connectivity index (χ1) is 14.8. The van der Waals surface area contributed by atoms with E-state index in [9.17, 15) is 24.2 Å². The number of anilines is 1. The third-order valence-corrected chi connectivity index (χ3v) is 6.69. The van der Waals surface area contributed by atoms with Crippen molar-refractivity contribution in [2.24, 2.45) is 0 Å². The number of hydrogen-bond acceptors (Lipinski definition) is 4. The van der Waals surface area contributed by atoms with Gasteiger partial charge in [-0.3, -0.25) is 9.78 Å². The van der Waals surface area contributed by atoms with Crippen molar-refractivity contribution in [2.75, 3.05) is 25.0 Å². The van der Waals surface area contributed by atoms with Crippen molar-refractivity contribution in [3.63, 3.8) is 0 Å². The lowest BCUT2D eigenvalue weighted by molar-refractivity contribution is -0.122. The van der Waals surface area contributed by atoms with Crippen LogP contribution < -0.4 is 15.5 Å². The summed E-state index contributed by atoms with van der Waals surface area (Å²) < 4.78 is 65.2. The molecule has 2 unspecified atom stereocenters. The molecule has 1 saturated heterocycles. The first kappa shape index (κ1) is 24.2. The maximum atomic E-state index is 13.0. The number of nitrogens with zero attached hydrogens (tertiary/aromatic N) is 2. The normalized spacial score (nSPS) is 20.0. The van der Waals surface area contributed by atoms with E-state index in [1.54, 1.807) is 12.1 Å². The molecule has 178 valence electrons. The zero-order valence-electron chi connectivity index (χ0n) is 17.6. The van der Waals surface area contributed by atoms with Crippen LogP contribution in [0.3, 0.4) is 0 Å². The number of rotatable bonds is 8. The van der Waals surface area contributed by atoms with Crippen LogP contribution in [-0.4, -0.2) is 37.1 Å². The molecule has 0 spiro atoms. The van der Waals surface area contributed by atoms with Crippen molar-refractivity contribution >= 4 is 21.8 Å². The summed E-state index contributed by atoms with van der Waals surface area (Å²) in [5.41, 5.74) is 0.716. The average Bonchev–Trinajstić information content (AvgIpc) is 2.74. The number of carbonyl (C=O) groups is 1. The molecule has 3 rings (SSSR count). The number of piperidine rings is 1. The second kappa shape index (κ2) is 8.51. The van der Waals surface area contributed by atoms with Crippen molar-refractivity contribution in [3.05, 3.63) is 54.4 Å². The van der Waals surface area contributed by atoms with Crippen LogP contribution in [0.1, 0.15) is 37.3 Å². The lowest BCUT2D eigenvalue weighted by Crippen LogP contribution is -2.42. The Morgan fingerprint density at radius 1 is 1.19 bits per heavy atom. The van der Waals surface area contributed by atoms with E-state index in [1.165, 1.54) is 24.3 Å². The maximum Gasteiger partial charge on any atom is 0.310 e. The van der Waals surface area contributed by atoms with Crippen LogP contribution in [0.15, 0.2) is 53.7 Å². The number of likely N-dealkylation sites (N-methyl/N-ethyl adjacent to an activating group) is 1. The highest BCUT2D eigenvalue weighted by molar-refractivity contribution is 8.45. The molecular formula is C21H27F5N4OS. The van der Waals surface area contributed by atoms with Crippen molar-refractivity contribution in [1.82, 2.24) is 15.6 Å². The number of aromatic nitrogens is 1. The number of halogens is 5. The lowest BCUT2D eigenvalue weighted by Gasteiger charge is -2.40. The number of hydrogen-bond donors (Lipinski definition) is 2. The molecule has 1 fully saturated rings. The van der Waals surface area contributed by atoms with Crippen molar-refractivity contribution < 1.29 is 24.2 Å².